The molecular weight excluding hydrogens is 284 g/mol. The van der Waals surface area contributed by atoms with Crippen LogP contribution in [-0.4, -0.2) is 27.2 Å². The average molecular weight is 304 g/mol. The Kier molecular flexibility index (Phi) is 4.98. The number of H-pyrrole nitrogens is 2. The third-order valence-electron chi connectivity index (χ3n) is 3.19. The van der Waals surface area contributed by atoms with Gasteiger partial charge in [-0.3, -0.25) is 9.78 Å². The van der Waals surface area contributed by atoms with Gasteiger partial charge in [0.2, 0.25) is 0 Å². The maximum Gasteiger partial charge on any atom is 0.340 e. The van der Waals surface area contributed by atoms with Crippen LogP contribution in [0.4, 0.5) is 0 Å². The van der Waals surface area contributed by atoms with E-state index in [9.17, 15) is 9.59 Å². The maximum absolute atomic E-state index is 12.3. The summed E-state index contributed by atoms with van der Waals surface area (Å²) in [6, 6.07) is 7.55. The van der Waals surface area contributed by atoms with E-state index in [-0.39, 0.29) is 18.4 Å². The summed E-state index contributed by atoms with van der Waals surface area (Å²) in [5.41, 5.74) is 0.568. The van der Waals surface area contributed by atoms with E-state index >= 15 is 0 Å². The number of rotatable bonds is 6. The van der Waals surface area contributed by atoms with Crippen LogP contribution in [0.5, 0.6) is 5.75 Å². The molecule has 118 valence electrons. The third-order valence-corrected chi connectivity index (χ3v) is 3.19. The molecule has 0 spiro atoms. The van der Waals surface area contributed by atoms with Crippen molar-refractivity contribution in [3.05, 3.63) is 46.1 Å². The second-order valence-corrected chi connectivity index (χ2v) is 5.39. The van der Waals surface area contributed by atoms with Crippen molar-refractivity contribution in [2.45, 2.75) is 33.4 Å². The van der Waals surface area contributed by atoms with E-state index in [0.29, 0.717) is 11.6 Å². The first kappa shape index (κ1) is 15.8. The lowest BCUT2D eigenvalue weighted by molar-refractivity contribution is -0.130. The molecule has 0 aliphatic heterocycles. The van der Waals surface area contributed by atoms with E-state index in [1.807, 2.05) is 45.0 Å². The van der Waals surface area contributed by atoms with Crippen LogP contribution in [0.15, 0.2) is 29.1 Å². The highest BCUT2D eigenvalue weighted by atomic mass is 16.5. The number of carbonyl (C=O) groups is 1. The van der Waals surface area contributed by atoms with Gasteiger partial charge >= 0.3 is 5.69 Å². The molecule has 1 heterocycles. The van der Waals surface area contributed by atoms with Gasteiger partial charge < -0.3 is 10.1 Å². The number of aryl methyl sites for hydroxylation is 1. The van der Waals surface area contributed by atoms with Crippen LogP contribution in [0.1, 0.15) is 25.2 Å². The number of benzene rings is 1. The lowest BCUT2D eigenvalue weighted by Gasteiger charge is -2.22. The molecule has 7 heteroatoms. The number of hydrogen-bond acceptors (Lipinski definition) is 4. The van der Waals surface area contributed by atoms with Crippen molar-refractivity contribution in [2.75, 3.05) is 0 Å². The van der Waals surface area contributed by atoms with Crippen LogP contribution in [0.3, 0.4) is 0 Å². The number of amides is 1. The Hall–Kier alpha value is -2.57. The fourth-order valence-corrected chi connectivity index (χ4v) is 1.98. The molecule has 0 fully saturated rings. The summed E-state index contributed by atoms with van der Waals surface area (Å²) in [4.78, 5) is 25.7. The van der Waals surface area contributed by atoms with Gasteiger partial charge in [0.05, 0.1) is 6.54 Å². The first-order valence-electron chi connectivity index (χ1n) is 7.11. The zero-order valence-corrected chi connectivity index (χ0v) is 12.8. The fourth-order valence-electron chi connectivity index (χ4n) is 1.98. The number of ether oxygens (including phenoxy) is 1. The van der Waals surface area contributed by atoms with Crippen molar-refractivity contribution < 1.29 is 9.53 Å². The second-order valence-electron chi connectivity index (χ2n) is 5.39. The number of nitrogens with zero attached hydrogens (tertiary/aromatic N) is 1. The number of carbonyl (C=O) groups excluding carboxylic acids is 1. The summed E-state index contributed by atoms with van der Waals surface area (Å²) < 4.78 is 5.85. The van der Waals surface area contributed by atoms with Crippen LogP contribution in [-0.2, 0) is 11.3 Å². The van der Waals surface area contributed by atoms with E-state index in [1.165, 1.54) is 0 Å². The Morgan fingerprint density at radius 2 is 2.09 bits per heavy atom. The molecule has 2 aromatic rings. The highest BCUT2D eigenvalue weighted by molar-refractivity contribution is 5.81. The zero-order valence-electron chi connectivity index (χ0n) is 12.8. The number of aromatic nitrogens is 3. The molecule has 0 saturated carbocycles. The van der Waals surface area contributed by atoms with Crippen molar-refractivity contribution in [3.8, 4) is 5.75 Å². The average Bonchev–Trinajstić information content (AvgIpc) is 2.89. The first-order chi connectivity index (χ1) is 10.5. The summed E-state index contributed by atoms with van der Waals surface area (Å²) in [6.45, 7) is 5.90. The van der Waals surface area contributed by atoms with Gasteiger partial charge in [-0.2, -0.15) is 5.10 Å². The van der Waals surface area contributed by atoms with Crippen molar-refractivity contribution in [1.29, 1.82) is 0 Å². The van der Waals surface area contributed by atoms with Gasteiger partial charge in [0.15, 0.2) is 6.10 Å². The van der Waals surface area contributed by atoms with Gasteiger partial charge in [-0.25, -0.2) is 9.89 Å². The zero-order chi connectivity index (χ0) is 16.1. The first-order valence-corrected chi connectivity index (χ1v) is 7.11. The fraction of sp³-hybridized carbons (Fsp3) is 0.400. The van der Waals surface area contributed by atoms with Gasteiger partial charge in [0, 0.05) is 0 Å². The van der Waals surface area contributed by atoms with Gasteiger partial charge in [-0.15, -0.1) is 0 Å². The van der Waals surface area contributed by atoms with E-state index in [0.717, 1.165) is 5.56 Å². The van der Waals surface area contributed by atoms with Crippen LogP contribution in [0.25, 0.3) is 0 Å². The van der Waals surface area contributed by atoms with Crippen LogP contribution in [0.2, 0.25) is 0 Å². The highest BCUT2D eigenvalue weighted by Crippen LogP contribution is 2.20. The normalized spacial score (nSPS) is 12.2. The number of nitrogens with one attached hydrogen (secondary N) is 3. The second kappa shape index (κ2) is 6.93. The minimum Gasteiger partial charge on any atom is -0.480 e. The number of hydrogen-bond donors (Lipinski definition) is 3. The van der Waals surface area contributed by atoms with Gasteiger partial charge in [-0.05, 0) is 24.5 Å². The smallest absolute Gasteiger partial charge is 0.340 e. The third kappa shape index (κ3) is 3.97. The van der Waals surface area contributed by atoms with Crippen LogP contribution >= 0.6 is 0 Å². The number of aromatic amines is 2. The molecule has 1 unspecified atom stereocenters. The minimum absolute atomic E-state index is 0.00200. The standard InChI is InChI=1S/C15H20N4O3/c1-9(2)13(22-11-7-5-4-6-10(11)3)14(20)16-8-12-17-15(21)19-18-12/h4-7,9,13H,8H2,1-3H3,(H,16,20)(H2,17,18,19,21). The summed E-state index contributed by atoms with van der Waals surface area (Å²) in [7, 11) is 0. The molecule has 0 aliphatic carbocycles. The van der Waals surface area contributed by atoms with Crippen LogP contribution < -0.4 is 15.7 Å². The summed E-state index contributed by atoms with van der Waals surface area (Å²) in [5.74, 6) is 0.807. The molecule has 1 amide bonds. The van der Waals surface area contributed by atoms with E-state index < -0.39 is 11.8 Å². The molecule has 0 bridgehead atoms. The molecule has 1 aromatic carbocycles. The summed E-state index contributed by atoms with van der Waals surface area (Å²) >= 11 is 0. The predicted molar refractivity (Wildman–Crippen MR) is 81.5 cm³/mol. The van der Waals surface area contributed by atoms with Crippen molar-refractivity contribution in [2.24, 2.45) is 5.92 Å². The Morgan fingerprint density at radius 1 is 1.36 bits per heavy atom. The molecule has 0 aliphatic rings. The Balaban J connectivity index is 2.02. The molecule has 0 saturated heterocycles. The topological polar surface area (TPSA) is 99.9 Å². The van der Waals surface area contributed by atoms with Crippen molar-refractivity contribution in [1.82, 2.24) is 20.5 Å². The lowest BCUT2D eigenvalue weighted by atomic mass is 10.1. The number of para-hydroxylation sites is 1. The van der Waals surface area contributed by atoms with Crippen molar-refractivity contribution in [3.63, 3.8) is 0 Å². The Bertz CT molecular complexity index is 690. The Labute approximate surface area is 128 Å². The molecule has 22 heavy (non-hydrogen) atoms. The molecule has 1 atom stereocenters. The van der Waals surface area contributed by atoms with Gasteiger partial charge in [0.25, 0.3) is 5.91 Å². The SMILES string of the molecule is Cc1ccccc1OC(C(=O)NCc1n[nH]c(=O)[nH]1)C(C)C. The van der Waals surface area contributed by atoms with E-state index in [1.54, 1.807) is 0 Å². The molecule has 0 radical (unpaired) electrons. The molecule has 7 nitrogen and oxygen atoms in total. The molecule has 2 rings (SSSR count). The summed E-state index contributed by atoms with van der Waals surface area (Å²) in [5, 5.41) is 8.71. The quantitative estimate of drug-likeness (QED) is 0.744. The molecule has 1 aromatic heterocycles. The van der Waals surface area contributed by atoms with Crippen molar-refractivity contribution >= 4 is 5.91 Å². The van der Waals surface area contributed by atoms with Crippen LogP contribution in [0, 0.1) is 12.8 Å². The lowest BCUT2D eigenvalue weighted by Crippen LogP contribution is -2.41. The molecular formula is C15H20N4O3. The molecule has 3 N–H and O–H groups in total. The Morgan fingerprint density at radius 3 is 2.68 bits per heavy atom. The summed E-state index contributed by atoms with van der Waals surface area (Å²) in [6.07, 6.45) is -0.619. The van der Waals surface area contributed by atoms with E-state index in [4.69, 9.17) is 4.74 Å². The van der Waals surface area contributed by atoms with E-state index in [2.05, 4.69) is 20.5 Å². The van der Waals surface area contributed by atoms with Gasteiger partial charge in [0.1, 0.15) is 11.6 Å². The highest BCUT2D eigenvalue weighted by Gasteiger charge is 2.24. The maximum atomic E-state index is 12.3. The predicted octanol–water partition coefficient (Wildman–Crippen LogP) is 1.13. The largest absolute Gasteiger partial charge is 0.480 e. The monoisotopic (exact) mass is 304 g/mol. The van der Waals surface area contributed by atoms with Gasteiger partial charge in [-0.1, -0.05) is 32.0 Å². The minimum atomic E-state index is -0.619.